The molecule has 0 saturated carbocycles. The van der Waals surface area contributed by atoms with Gasteiger partial charge in [-0.05, 0) is 25.0 Å². The van der Waals surface area contributed by atoms with Crippen molar-refractivity contribution in [2.75, 3.05) is 25.0 Å². The molecule has 3 rings (SSSR count). The van der Waals surface area contributed by atoms with E-state index in [1.165, 1.54) is 6.34 Å². The third kappa shape index (κ3) is 3.94. The lowest BCUT2D eigenvalue weighted by molar-refractivity contribution is 0.473. The number of nitrogens with zero attached hydrogens (tertiary/aromatic N) is 4. The van der Waals surface area contributed by atoms with Crippen molar-refractivity contribution in [2.45, 2.75) is 12.8 Å². The van der Waals surface area contributed by atoms with Crippen LogP contribution in [0.5, 0.6) is 5.88 Å². The number of nitrogens with one attached hydrogen (secondary N) is 2. The molecule has 28 heavy (non-hydrogen) atoms. The molecular formula is C20H22N6OS. The zero-order valence-electron chi connectivity index (χ0n) is 15.6. The van der Waals surface area contributed by atoms with E-state index in [0.29, 0.717) is 17.3 Å². The van der Waals surface area contributed by atoms with Crippen molar-refractivity contribution in [1.29, 1.82) is 16.1 Å². The number of aromatic nitrogens is 1. The van der Waals surface area contributed by atoms with E-state index in [0.717, 1.165) is 42.7 Å². The first-order valence-corrected chi connectivity index (χ1v) is 9.33. The first kappa shape index (κ1) is 19.7. The maximum absolute atomic E-state index is 9.66. The van der Waals surface area contributed by atoms with Gasteiger partial charge in [-0.15, -0.1) is 0 Å². The van der Waals surface area contributed by atoms with Crippen LogP contribution in [0.3, 0.4) is 0 Å². The lowest BCUT2D eigenvalue weighted by Gasteiger charge is -2.36. The lowest BCUT2D eigenvalue weighted by atomic mass is 9.92. The summed E-state index contributed by atoms with van der Waals surface area (Å²) in [7, 11) is 1.73. The van der Waals surface area contributed by atoms with Gasteiger partial charge >= 0.3 is 0 Å². The Kier molecular flexibility index (Phi) is 6.16. The average molecular weight is 395 g/mol. The molecule has 0 atom stereocenters. The summed E-state index contributed by atoms with van der Waals surface area (Å²) in [6.45, 7) is 1.49. The van der Waals surface area contributed by atoms with Crippen LogP contribution < -0.4 is 9.08 Å². The minimum atomic E-state index is 0.119. The van der Waals surface area contributed by atoms with E-state index in [-0.39, 0.29) is 5.92 Å². The number of hydrogen-bond donors (Lipinski definition) is 3. The molecule has 1 aromatic carbocycles. The van der Waals surface area contributed by atoms with E-state index in [4.69, 9.17) is 15.0 Å². The van der Waals surface area contributed by atoms with E-state index < -0.39 is 0 Å². The minimum absolute atomic E-state index is 0.119. The van der Waals surface area contributed by atoms with E-state index >= 15 is 0 Å². The third-order valence-electron chi connectivity index (χ3n) is 5.07. The highest BCUT2D eigenvalue weighted by Crippen LogP contribution is 2.36. The number of thiol groups is 1. The first-order chi connectivity index (χ1) is 13.6. The topological polar surface area (TPSA) is 100 Å². The zero-order chi connectivity index (χ0) is 20.1. The number of benzene rings is 1. The van der Waals surface area contributed by atoms with Gasteiger partial charge in [0.15, 0.2) is 0 Å². The number of rotatable bonds is 5. The lowest BCUT2D eigenvalue weighted by Crippen LogP contribution is -2.41. The summed E-state index contributed by atoms with van der Waals surface area (Å²) in [5.74, 6) is 1.00. The molecule has 144 valence electrons. The van der Waals surface area contributed by atoms with Gasteiger partial charge in [-0.25, -0.2) is 4.98 Å². The monoisotopic (exact) mass is 394 g/mol. The Morgan fingerprint density at radius 1 is 1.36 bits per heavy atom. The molecule has 2 heterocycles. The fraction of sp³-hybridized carbons (Fsp3) is 0.300. The van der Waals surface area contributed by atoms with E-state index in [1.807, 2.05) is 24.3 Å². The summed E-state index contributed by atoms with van der Waals surface area (Å²) in [5, 5.41) is 25.2. The second-order valence-electron chi connectivity index (χ2n) is 6.68. The normalized spacial score (nSPS) is 14.2. The van der Waals surface area contributed by atoms with E-state index in [1.54, 1.807) is 24.2 Å². The van der Waals surface area contributed by atoms with Gasteiger partial charge in [0.25, 0.3) is 0 Å². The Balaban J connectivity index is 1.89. The van der Waals surface area contributed by atoms with Crippen LogP contribution >= 0.6 is 12.9 Å². The first-order valence-electron chi connectivity index (χ1n) is 8.96. The van der Waals surface area contributed by atoms with Crippen LogP contribution in [0.4, 0.5) is 5.69 Å². The molecule has 0 bridgehead atoms. The van der Waals surface area contributed by atoms with E-state index in [2.05, 4.69) is 28.9 Å². The zero-order valence-corrected chi connectivity index (χ0v) is 16.5. The molecule has 2 N–H and O–H groups in total. The molecule has 0 unspecified atom stereocenters. The summed E-state index contributed by atoms with van der Waals surface area (Å²) in [4.78, 5) is 7.99. The number of piperidine rings is 1. The Morgan fingerprint density at radius 2 is 2.11 bits per heavy atom. The van der Waals surface area contributed by atoms with Crippen LogP contribution in [-0.4, -0.2) is 42.2 Å². The highest BCUT2D eigenvalue weighted by atomic mass is 32.1. The van der Waals surface area contributed by atoms with Crippen molar-refractivity contribution < 1.29 is 4.18 Å². The summed E-state index contributed by atoms with van der Waals surface area (Å²) in [6, 6.07) is 11.6. The predicted molar refractivity (Wildman–Crippen MR) is 113 cm³/mol. The fourth-order valence-electron chi connectivity index (χ4n) is 3.54. The maximum Gasteiger partial charge on any atom is 0.227 e. The number of para-hydroxylation sites is 1. The molecule has 0 aliphatic carbocycles. The van der Waals surface area contributed by atoms with Crippen molar-refractivity contribution in [3.8, 4) is 23.1 Å². The fourth-order valence-corrected chi connectivity index (χ4v) is 3.64. The molecule has 1 aliphatic rings. The Morgan fingerprint density at radius 3 is 2.68 bits per heavy atom. The van der Waals surface area contributed by atoms with Crippen LogP contribution in [-0.2, 0) is 0 Å². The summed E-state index contributed by atoms with van der Waals surface area (Å²) in [6.07, 6.45) is 4.50. The second kappa shape index (κ2) is 8.76. The quantitative estimate of drug-likeness (QED) is 0.311. The van der Waals surface area contributed by atoms with Crippen molar-refractivity contribution >= 4 is 30.8 Å². The Bertz CT molecular complexity index is 900. The van der Waals surface area contributed by atoms with Gasteiger partial charge in [0, 0.05) is 62.4 Å². The molecule has 0 radical (unpaired) electrons. The van der Waals surface area contributed by atoms with Gasteiger partial charge in [-0.1, -0.05) is 12.1 Å². The van der Waals surface area contributed by atoms with E-state index in [9.17, 15) is 5.26 Å². The van der Waals surface area contributed by atoms with Crippen LogP contribution in [0, 0.1) is 28.1 Å². The van der Waals surface area contributed by atoms with Gasteiger partial charge in [0.2, 0.25) is 5.88 Å². The molecule has 7 nitrogen and oxygen atoms in total. The Labute approximate surface area is 170 Å². The molecule has 1 aliphatic heterocycles. The third-order valence-corrected chi connectivity index (χ3v) is 5.26. The van der Waals surface area contributed by atoms with Gasteiger partial charge < -0.3 is 14.0 Å². The molecule has 2 aromatic rings. The molecule has 0 spiro atoms. The molecule has 0 amide bonds. The highest BCUT2D eigenvalue weighted by molar-refractivity contribution is 7.75. The van der Waals surface area contributed by atoms with Crippen molar-refractivity contribution in [2.24, 2.45) is 5.92 Å². The second-order valence-corrected chi connectivity index (χ2v) is 6.86. The largest absolute Gasteiger partial charge is 0.409 e. The molecule has 1 aromatic heterocycles. The number of amidine groups is 1. The van der Waals surface area contributed by atoms with Gasteiger partial charge in [-0.2, -0.15) is 5.26 Å². The maximum atomic E-state index is 9.66. The predicted octanol–water partition coefficient (Wildman–Crippen LogP) is 3.58. The summed E-state index contributed by atoms with van der Waals surface area (Å²) in [5.41, 5.74) is 3.37. The van der Waals surface area contributed by atoms with Crippen LogP contribution in [0.15, 0.2) is 36.5 Å². The average Bonchev–Trinajstić information content (AvgIpc) is 2.77. The van der Waals surface area contributed by atoms with Gasteiger partial charge in [0.1, 0.15) is 11.9 Å². The van der Waals surface area contributed by atoms with Gasteiger partial charge in [-0.3, -0.25) is 10.8 Å². The van der Waals surface area contributed by atoms with Crippen molar-refractivity contribution in [3.63, 3.8) is 0 Å². The standard InChI is InChI=1S/C20H22N6OS/c1-25(13-22)20(23)14-7-9-26(10-8-14)19-15(11-21)3-2-4-17(19)16-5-6-18(27-28)24-12-16/h2-6,12-14,22-23,28H,7-10H2,1H3. The smallest absolute Gasteiger partial charge is 0.227 e. The van der Waals surface area contributed by atoms with Gasteiger partial charge in [0.05, 0.1) is 17.6 Å². The summed E-state index contributed by atoms with van der Waals surface area (Å²) >= 11 is 3.76. The number of nitriles is 1. The molecule has 8 heteroatoms. The minimum Gasteiger partial charge on any atom is -0.409 e. The molecule has 1 saturated heterocycles. The number of pyridine rings is 1. The van der Waals surface area contributed by atoms with Crippen molar-refractivity contribution in [3.05, 3.63) is 42.1 Å². The van der Waals surface area contributed by atoms with Crippen molar-refractivity contribution in [1.82, 2.24) is 9.88 Å². The number of anilines is 1. The molecular weight excluding hydrogens is 372 g/mol. The SMILES string of the molecule is CN(C=N)C(=N)C1CCN(c2c(C#N)cccc2-c2ccc(OS)nc2)CC1. The summed E-state index contributed by atoms with van der Waals surface area (Å²) < 4.78 is 4.84. The van der Waals surface area contributed by atoms with Crippen LogP contribution in [0.1, 0.15) is 18.4 Å². The number of hydrogen-bond acceptors (Lipinski definition) is 7. The Hall–Kier alpha value is -3.05. The van der Waals surface area contributed by atoms with Crippen LogP contribution in [0.25, 0.3) is 11.1 Å². The van der Waals surface area contributed by atoms with Crippen LogP contribution in [0.2, 0.25) is 0 Å². The highest BCUT2D eigenvalue weighted by Gasteiger charge is 2.27. The molecule has 1 fully saturated rings.